The smallest absolute Gasteiger partial charge is 0.376 e. The van der Waals surface area contributed by atoms with Crippen LogP contribution in [0.4, 0.5) is 4.79 Å². The highest BCUT2D eigenvalue weighted by molar-refractivity contribution is 6.47. The third-order valence-corrected chi connectivity index (χ3v) is 2.86. The lowest BCUT2D eigenvalue weighted by atomic mass is 9.81. The normalized spacial score (nSPS) is 19.0. The Bertz CT molecular complexity index is 445. The van der Waals surface area contributed by atoms with Crippen molar-refractivity contribution in [2.24, 2.45) is 5.41 Å². The van der Waals surface area contributed by atoms with Crippen molar-refractivity contribution in [3.63, 3.8) is 0 Å². The van der Waals surface area contributed by atoms with Crippen molar-refractivity contribution in [2.45, 2.75) is 6.92 Å². The van der Waals surface area contributed by atoms with Gasteiger partial charge in [0.25, 0.3) is 17.6 Å². The van der Waals surface area contributed by atoms with Crippen LogP contribution in [0.2, 0.25) is 0 Å². The summed E-state index contributed by atoms with van der Waals surface area (Å²) in [4.78, 5) is 59.5. The second-order valence-electron chi connectivity index (χ2n) is 3.96. The summed E-state index contributed by atoms with van der Waals surface area (Å²) in [5, 5.41) is 0. The van der Waals surface area contributed by atoms with Crippen LogP contribution < -0.4 is 0 Å². The molecule has 0 saturated carbocycles. The predicted molar refractivity (Wildman–Crippen MR) is 56.1 cm³/mol. The van der Waals surface area contributed by atoms with Crippen molar-refractivity contribution in [1.29, 1.82) is 0 Å². The number of esters is 1. The predicted octanol–water partition coefficient (Wildman–Crippen LogP) is -1.21. The summed E-state index contributed by atoms with van der Waals surface area (Å²) >= 11 is 0. The van der Waals surface area contributed by atoms with E-state index in [0.717, 1.165) is 28.1 Å². The molecule has 0 N–H and O–H groups in total. The highest BCUT2D eigenvalue weighted by Crippen LogP contribution is 2.29. The summed E-state index contributed by atoms with van der Waals surface area (Å²) < 4.78 is 4.21. The molecule has 0 aromatic carbocycles. The fraction of sp³-hybridized carbons (Fsp3) is 0.500. The van der Waals surface area contributed by atoms with Crippen LogP contribution >= 0.6 is 0 Å². The zero-order chi connectivity index (χ0) is 14.2. The number of nitrogens with zero attached hydrogens (tertiary/aromatic N) is 2. The van der Waals surface area contributed by atoms with E-state index in [4.69, 9.17) is 0 Å². The number of barbiturate groups is 1. The van der Waals surface area contributed by atoms with Crippen molar-refractivity contribution in [3.05, 3.63) is 0 Å². The van der Waals surface area contributed by atoms with E-state index < -0.39 is 35.0 Å². The minimum Gasteiger partial charge on any atom is -0.463 e. The van der Waals surface area contributed by atoms with Gasteiger partial charge in [-0.15, -0.1) is 0 Å². The molecular weight excluding hydrogens is 244 g/mol. The zero-order valence-corrected chi connectivity index (χ0v) is 10.3. The van der Waals surface area contributed by atoms with Crippen LogP contribution in [0.15, 0.2) is 0 Å². The van der Waals surface area contributed by atoms with Gasteiger partial charge in [0.15, 0.2) is 5.41 Å². The third kappa shape index (κ3) is 1.57. The number of methoxy groups -OCH3 is 1. The van der Waals surface area contributed by atoms with E-state index in [9.17, 15) is 24.0 Å². The molecule has 4 amide bonds. The number of hydrogen-bond donors (Lipinski definition) is 0. The Hall–Kier alpha value is -2.25. The van der Waals surface area contributed by atoms with Gasteiger partial charge in [0, 0.05) is 14.1 Å². The lowest BCUT2D eigenvalue weighted by Crippen LogP contribution is -2.65. The first kappa shape index (κ1) is 13.8. The molecule has 18 heavy (non-hydrogen) atoms. The van der Waals surface area contributed by atoms with E-state index in [0.29, 0.717) is 9.80 Å². The Kier molecular flexibility index (Phi) is 3.23. The Morgan fingerprint density at radius 1 is 1.06 bits per heavy atom. The van der Waals surface area contributed by atoms with E-state index in [1.807, 2.05) is 0 Å². The number of ether oxygens (including phenoxy) is 1. The van der Waals surface area contributed by atoms with Gasteiger partial charge in [0.05, 0.1) is 7.11 Å². The van der Waals surface area contributed by atoms with Gasteiger partial charge in [-0.25, -0.2) is 9.59 Å². The maximum absolute atomic E-state index is 11.9. The molecule has 8 nitrogen and oxygen atoms in total. The monoisotopic (exact) mass is 256 g/mol. The van der Waals surface area contributed by atoms with Gasteiger partial charge in [-0.1, -0.05) is 0 Å². The van der Waals surface area contributed by atoms with Crippen molar-refractivity contribution in [2.75, 3.05) is 21.2 Å². The summed E-state index contributed by atoms with van der Waals surface area (Å²) in [5.41, 5.74) is -2.26. The van der Waals surface area contributed by atoms with Gasteiger partial charge in [-0.3, -0.25) is 24.2 Å². The number of hydrogen-bond acceptors (Lipinski definition) is 6. The Morgan fingerprint density at radius 2 is 1.44 bits per heavy atom. The molecule has 0 aromatic heterocycles. The van der Waals surface area contributed by atoms with Gasteiger partial charge in [0.1, 0.15) is 0 Å². The number of ketones is 1. The highest BCUT2D eigenvalue weighted by Gasteiger charge is 2.59. The number of carbonyl (C=O) groups excluding carboxylic acids is 5. The van der Waals surface area contributed by atoms with Gasteiger partial charge >= 0.3 is 12.0 Å². The molecule has 1 fully saturated rings. The first-order valence-corrected chi connectivity index (χ1v) is 4.92. The van der Waals surface area contributed by atoms with E-state index in [-0.39, 0.29) is 0 Å². The fourth-order valence-electron chi connectivity index (χ4n) is 1.65. The van der Waals surface area contributed by atoms with Crippen LogP contribution in [0.5, 0.6) is 0 Å². The SMILES string of the molecule is COC(=O)C(=O)C1(C)C(=O)N(C)C(=O)N(C)C1=O. The summed E-state index contributed by atoms with van der Waals surface area (Å²) in [6, 6.07) is -0.861. The molecule has 8 heteroatoms. The van der Waals surface area contributed by atoms with Crippen LogP contribution in [0.1, 0.15) is 6.92 Å². The van der Waals surface area contributed by atoms with Crippen LogP contribution in [0.25, 0.3) is 0 Å². The molecule has 0 radical (unpaired) electrons. The molecule has 1 rings (SSSR count). The molecule has 0 atom stereocenters. The molecule has 1 heterocycles. The molecule has 0 aromatic rings. The summed E-state index contributed by atoms with van der Waals surface area (Å²) in [7, 11) is 3.20. The maximum Gasteiger partial charge on any atom is 0.376 e. The Balaban J connectivity index is 3.32. The second-order valence-corrected chi connectivity index (χ2v) is 3.96. The second kappa shape index (κ2) is 4.21. The number of imide groups is 2. The van der Waals surface area contributed by atoms with Crippen molar-refractivity contribution in [3.8, 4) is 0 Å². The summed E-state index contributed by atoms with van der Waals surface area (Å²) in [6.45, 7) is 0.996. The minimum atomic E-state index is -2.26. The molecule has 0 aliphatic carbocycles. The molecule has 1 saturated heterocycles. The van der Waals surface area contributed by atoms with E-state index >= 15 is 0 Å². The molecule has 0 spiro atoms. The molecule has 0 unspecified atom stereocenters. The zero-order valence-electron chi connectivity index (χ0n) is 10.3. The molecule has 0 bridgehead atoms. The molecular formula is C10H12N2O6. The van der Waals surface area contributed by atoms with Crippen molar-refractivity contribution in [1.82, 2.24) is 9.80 Å². The first-order valence-electron chi connectivity index (χ1n) is 4.92. The molecule has 1 aliphatic heterocycles. The summed E-state index contributed by atoms with van der Waals surface area (Å²) in [5.74, 6) is -4.71. The number of Topliss-reactive ketones (excluding diaryl/α,β-unsaturated/α-hetero) is 1. The number of rotatable bonds is 2. The van der Waals surface area contributed by atoms with Crippen LogP contribution in [0.3, 0.4) is 0 Å². The van der Waals surface area contributed by atoms with Crippen LogP contribution in [0, 0.1) is 5.41 Å². The van der Waals surface area contributed by atoms with Crippen molar-refractivity contribution >= 4 is 29.6 Å². The number of urea groups is 1. The van der Waals surface area contributed by atoms with Gasteiger partial charge in [-0.05, 0) is 6.92 Å². The molecule has 98 valence electrons. The standard InChI is InChI=1S/C10H12N2O6/c1-10(5(13)6(14)18-4)7(15)11(2)9(17)12(3)8(10)16/h1-4H3. The highest BCUT2D eigenvalue weighted by atomic mass is 16.5. The lowest BCUT2D eigenvalue weighted by molar-refractivity contribution is -0.168. The van der Waals surface area contributed by atoms with Crippen LogP contribution in [-0.4, -0.2) is 60.6 Å². The van der Waals surface area contributed by atoms with Crippen molar-refractivity contribution < 1.29 is 28.7 Å². The van der Waals surface area contributed by atoms with E-state index in [2.05, 4.69) is 4.74 Å². The fourth-order valence-corrected chi connectivity index (χ4v) is 1.65. The summed E-state index contributed by atoms with van der Waals surface area (Å²) in [6.07, 6.45) is 0. The van der Waals surface area contributed by atoms with E-state index in [1.54, 1.807) is 0 Å². The molecule has 1 aliphatic rings. The van der Waals surface area contributed by atoms with Gasteiger partial charge < -0.3 is 4.74 Å². The lowest BCUT2D eigenvalue weighted by Gasteiger charge is -2.37. The first-order chi connectivity index (χ1) is 8.19. The minimum absolute atomic E-state index is 0.613. The van der Waals surface area contributed by atoms with Crippen LogP contribution in [-0.2, 0) is 23.9 Å². The topological polar surface area (TPSA) is 101 Å². The largest absolute Gasteiger partial charge is 0.463 e. The van der Waals surface area contributed by atoms with Gasteiger partial charge in [-0.2, -0.15) is 0 Å². The third-order valence-electron chi connectivity index (χ3n) is 2.86. The quantitative estimate of drug-likeness (QED) is 0.349. The Morgan fingerprint density at radius 3 is 1.78 bits per heavy atom. The Labute approximate surface area is 102 Å². The average molecular weight is 256 g/mol. The maximum atomic E-state index is 11.9. The van der Waals surface area contributed by atoms with Gasteiger partial charge in [0.2, 0.25) is 0 Å². The number of amides is 4. The van der Waals surface area contributed by atoms with E-state index in [1.165, 1.54) is 0 Å². The number of carbonyl (C=O) groups is 5. The average Bonchev–Trinajstić information content (AvgIpc) is 2.38.